The minimum Gasteiger partial charge on any atom is -0.367 e. The highest BCUT2D eigenvalue weighted by molar-refractivity contribution is 5.93. The smallest absolute Gasteiger partial charge is 0.274 e. The van der Waals surface area contributed by atoms with E-state index in [0.717, 1.165) is 31.7 Å². The van der Waals surface area contributed by atoms with Gasteiger partial charge in [0.15, 0.2) is 0 Å². The van der Waals surface area contributed by atoms with Gasteiger partial charge in [-0.05, 0) is 64.4 Å². The zero-order chi connectivity index (χ0) is 22.5. The molecule has 1 aromatic heterocycles. The number of nitrogens with zero attached hydrogens (tertiary/aromatic N) is 4. The highest BCUT2D eigenvalue weighted by Gasteiger charge is 2.24. The Morgan fingerprint density at radius 3 is 2.42 bits per heavy atom. The predicted octanol–water partition coefficient (Wildman–Crippen LogP) is 4.06. The maximum atomic E-state index is 13.4. The lowest BCUT2D eigenvalue weighted by Gasteiger charge is -2.24. The summed E-state index contributed by atoms with van der Waals surface area (Å²) < 4.78 is 13.4. The largest absolute Gasteiger partial charge is 0.367 e. The van der Waals surface area contributed by atoms with E-state index in [1.54, 1.807) is 24.1 Å². The minimum atomic E-state index is -0.274. The van der Waals surface area contributed by atoms with E-state index in [1.807, 2.05) is 27.7 Å². The third kappa shape index (κ3) is 5.58. The van der Waals surface area contributed by atoms with Crippen molar-refractivity contribution in [1.29, 1.82) is 0 Å². The molecule has 3 rings (SSSR count). The van der Waals surface area contributed by atoms with Gasteiger partial charge < -0.3 is 15.1 Å². The van der Waals surface area contributed by atoms with Crippen LogP contribution in [0.2, 0.25) is 0 Å². The molecular weight excluding hydrogens is 393 g/mol. The number of anilines is 1. The number of aryl methyl sites for hydroxylation is 1. The van der Waals surface area contributed by atoms with E-state index >= 15 is 0 Å². The molecule has 1 atom stereocenters. The fourth-order valence-corrected chi connectivity index (χ4v) is 3.82. The van der Waals surface area contributed by atoms with E-state index in [4.69, 9.17) is 9.97 Å². The lowest BCUT2D eigenvalue weighted by atomic mass is 9.97. The minimum absolute atomic E-state index is 0.0601. The van der Waals surface area contributed by atoms with Crippen LogP contribution in [0.5, 0.6) is 0 Å². The van der Waals surface area contributed by atoms with E-state index in [9.17, 15) is 9.18 Å². The molecular formula is C24H34FN5O. The van der Waals surface area contributed by atoms with Gasteiger partial charge in [0, 0.05) is 32.1 Å². The first-order chi connectivity index (χ1) is 14.8. The number of carbonyl (C=O) groups excluding carboxylic acids is 1. The van der Waals surface area contributed by atoms with Crippen LogP contribution in [0.3, 0.4) is 0 Å². The maximum absolute atomic E-state index is 13.4. The lowest BCUT2D eigenvalue weighted by molar-refractivity contribution is 0.0747. The van der Waals surface area contributed by atoms with Gasteiger partial charge in [-0.1, -0.05) is 19.1 Å². The summed E-state index contributed by atoms with van der Waals surface area (Å²) in [5, 5.41) is 3.45. The standard InChI is InChI=1S/C24H34FN5O/c1-16(2)29(5)24(31)22-18(4)27-23(26-12-15-30-13-6-7-14-30)21(28-22)17(3)19-8-10-20(25)11-9-19/h8-11,16-17H,6-7,12-15H2,1-5H3,(H,26,27). The number of hydrogen-bond acceptors (Lipinski definition) is 5. The molecule has 6 nitrogen and oxygen atoms in total. The molecule has 0 saturated carbocycles. The lowest BCUT2D eigenvalue weighted by Crippen LogP contribution is -2.34. The normalized spacial score (nSPS) is 15.3. The molecule has 0 bridgehead atoms. The van der Waals surface area contributed by atoms with Crippen molar-refractivity contribution in [3.05, 3.63) is 52.7 Å². The monoisotopic (exact) mass is 427 g/mol. The third-order valence-corrected chi connectivity index (χ3v) is 6.09. The fourth-order valence-electron chi connectivity index (χ4n) is 3.82. The van der Waals surface area contributed by atoms with Crippen LogP contribution in [0.15, 0.2) is 24.3 Å². The van der Waals surface area contributed by atoms with Gasteiger partial charge in [0.05, 0.1) is 11.4 Å². The topological polar surface area (TPSA) is 61.4 Å². The molecule has 1 aliphatic rings. The van der Waals surface area contributed by atoms with E-state index in [2.05, 4.69) is 10.2 Å². The van der Waals surface area contributed by atoms with Gasteiger partial charge in [0.2, 0.25) is 0 Å². The summed E-state index contributed by atoms with van der Waals surface area (Å²) in [5.74, 6) is 0.136. The molecule has 0 spiro atoms. The Labute approximate surface area is 184 Å². The van der Waals surface area contributed by atoms with Gasteiger partial charge >= 0.3 is 0 Å². The first-order valence-electron chi connectivity index (χ1n) is 11.1. The predicted molar refractivity (Wildman–Crippen MR) is 122 cm³/mol. The number of carbonyl (C=O) groups is 1. The van der Waals surface area contributed by atoms with Crippen molar-refractivity contribution in [2.75, 3.05) is 38.5 Å². The van der Waals surface area contributed by atoms with Gasteiger partial charge in [-0.3, -0.25) is 4.79 Å². The number of amides is 1. The molecule has 1 saturated heterocycles. The summed E-state index contributed by atoms with van der Waals surface area (Å²) in [7, 11) is 1.78. The number of likely N-dealkylation sites (tertiary alicyclic amines) is 1. The summed E-state index contributed by atoms with van der Waals surface area (Å²) in [6.07, 6.45) is 2.51. The highest BCUT2D eigenvalue weighted by Crippen LogP contribution is 2.29. The van der Waals surface area contributed by atoms with Crippen LogP contribution >= 0.6 is 0 Å². The first-order valence-corrected chi connectivity index (χ1v) is 11.1. The Balaban J connectivity index is 1.92. The summed E-state index contributed by atoms with van der Waals surface area (Å²) >= 11 is 0. The molecule has 1 N–H and O–H groups in total. The van der Waals surface area contributed by atoms with E-state index in [-0.39, 0.29) is 23.7 Å². The summed E-state index contributed by atoms with van der Waals surface area (Å²) in [5.41, 5.74) is 2.61. The van der Waals surface area contributed by atoms with Crippen molar-refractivity contribution in [1.82, 2.24) is 19.8 Å². The molecule has 168 valence electrons. The summed E-state index contributed by atoms with van der Waals surface area (Å²) in [4.78, 5) is 26.7. The zero-order valence-corrected chi connectivity index (χ0v) is 19.3. The van der Waals surface area contributed by atoms with Gasteiger partial charge in [0.25, 0.3) is 5.91 Å². The molecule has 1 amide bonds. The van der Waals surface area contributed by atoms with E-state index in [1.165, 1.54) is 25.0 Å². The van der Waals surface area contributed by atoms with Gasteiger partial charge in [0.1, 0.15) is 17.3 Å². The Morgan fingerprint density at radius 1 is 1.16 bits per heavy atom. The summed E-state index contributed by atoms with van der Waals surface area (Å²) in [6.45, 7) is 11.8. The van der Waals surface area contributed by atoms with Gasteiger partial charge in [-0.15, -0.1) is 0 Å². The van der Waals surface area contributed by atoms with Crippen molar-refractivity contribution < 1.29 is 9.18 Å². The number of nitrogens with one attached hydrogen (secondary N) is 1. The van der Waals surface area contributed by atoms with Crippen molar-refractivity contribution in [2.24, 2.45) is 0 Å². The van der Waals surface area contributed by atoms with Crippen LogP contribution in [0.4, 0.5) is 10.2 Å². The number of rotatable bonds is 8. The second-order valence-electron chi connectivity index (χ2n) is 8.65. The third-order valence-electron chi connectivity index (χ3n) is 6.09. The zero-order valence-electron chi connectivity index (χ0n) is 19.3. The average molecular weight is 428 g/mol. The first kappa shape index (κ1) is 23.1. The fraction of sp³-hybridized carbons (Fsp3) is 0.542. The molecule has 31 heavy (non-hydrogen) atoms. The van der Waals surface area contributed by atoms with Crippen LogP contribution in [0.1, 0.15) is 67.0 Å². The number of halogens is 1. The van der Waals surface area contributed by atoms with Crippen molar-refractivity contribution in [3.63, 3.8) is 0 Å². The maximum Gasteiger partial charge on any atom is 0.274 e. The molecule has 2 heterocycles. The number of aromatic nitrogens is 2. The van der Waals surface area contributed by atoms with E-state index < -0.39 is 0 Å². The quantitative estimate of drug-likeness (QED) is 0.688. The van der Waals surface area contributed by atoms with Crippen LogP contribution < -0.4 is 5.32 Å². The Kier molecular flexibility index (Phi) is 7.59. The average Bonchev–Trinajstić information content (AvgIpc) is 3.26. The molecule has 0 aliphatic carbocycles. The second kappa shape index (κ2) is 10.2. The van der Waals surface area contributed by atoms with Gasteiger partial charge in [-0.25, -0.2) is 14.4 Å². The molecule has 1 aromatic carbocycles. The molecule has 1 fully saturated rings. The number of hydrogen-bond donors (Lipinski definition) is 1. The van der Waals surface area contributed by atoms with Crippen molar-refractivity contribution in [3.8, 4) is 0 Å². The van der Waals surface area contributed by atoms with Crippen LogP contribution in [0, 0.1) is 12.7 Å². The van der Waals surface area contributed by atoms with E-state index in [0.29, 0.717) is 22.9 Å². The molecule has 0 radical (unpaired) electrons. The molecule has 7 heteroatoms. The van der Waals surface area contributed by atoms with Crippen molar-refractivity contribution >= 4 is 11.7 Å². The van der Waals surface area contributed by atoms with Crippen LogP contribution in [0.25, 0.3) is 0 Å². The molecule has 1 unspecified atom stereocenters. The Hall–Kier alpha value is -2.54. The molecule has 1 aliphatic heterocycles. The second-order valence-corrected chi connectivity index (χ2v) is 8.65. The van der Waals surface area contributed by atoms with Crippen LogP contribution in [-0.2, 0) is 0 Å². The highest BCUT2D eigenvalue weighted by atomic mass is 19.1. The summed E-state index contributed by atoms with van der Waals surface area (Å²) in [6, 6.07) is 6.48. The Bertz CT molecular complexity index is 894. The van der Waals surface area contributed by atoms with Crippen LogP contribution in [-0.4, -0.2) is 64.9 Å². The SMILES string of the molecule is Cc1nc(NCCN2CCCC2)c(C(C)c2ccc(F)cc2)nc1C(=O)N(C)C(C)C. The van der Waals surface area contributed by atoms with Crippen molar-refractivity contribution in [2.45, 2.75) is 52.5 Å². The number of benzene rings is 1. The Morgan fingerprint density at radius 2 is 1.81 bits per heavy atom. The molecule has 2 aromatic rings. The van der Waals surface area contributed by atoms with Gasteiger partial charge in [-0.2, -0.15) is 0 Å².